The number of hydrogen-bond acceptors (Lipinski definition) is 3. The van der Waals surface area contributed by atoms with Crippen LogP contribution in [0.15, 0.2) is 24.3 Å². The lowest BCUT2D eigenvalue weighted by Gasteiger charge is -2.12. The van der Waals surface area contributed by atoms with E-state index in [9.17, 15) is 9.59 Å². The normalized spacial score (nSPS) is 12.5. The van der Waals surface area contributed by atoms with E-state index in [4.69, 9.17) is 4.74 Å². The molecular weight excluding hydrogens is 244 g/mol. The topological polar surface area (TPSA) is 58.6 Å². The molecule has 0 fully saturated rings. The van der Waals surface area contributed by atoms with Gasteiger partial charge < -0.3 is 15.0 Å². The smallest absolute Gasteiger partial charge is 0.410 e. The second kappa shape index (κ2) is 5.14. The van der Waals surface area contributed by atoms with Crippen molar-refractivity contribution in [3.05, 3.63) is 35.4 Å². The quantitative estimate of drug-likeness (QED) is 0.881. The molecule has 0 bridgehead atoms. The predicted molar refractivity (Wildman–Crippen MR) is 71.7 cm³/mol. The van der Waals surface area contributed by atoms with Gasteiger partial charge in [-0.05, 0) is 24.1 Å². The number of hydrogen-bond donors (Lipinski definition) is 1. The Morgan fingerprint density at radius 2 is 2.05 bits per heavy atom. The van der Waals surface area contributed by atoms with E-state index in [1.54, 1.807) is 26.2 Å². The zero-order chi connectivity index (χ0) is 14.0. The summed E-state index contributed by atoms with van der Waals surface area (Å²) < 4.78 is 5.20. The summed E-state index contributed by atoms with van der Waals surface area (Å²) in [5, 5.41) is 2.77. The third-order valence-corrected chi connectivity index (χ3v) is 2.78. The van der Waals surface area contributed by atoms with Crippen LogP contribution in [0.4, 0.5) is 4.79 Å². The second-order valence-corrected chi connectivity index (χ2v) is 4.58. The van der Waals surface area contributed by atoms with Crippen molar-refractivity contribution in [1.29, 1.82) is 0 Å². The molecule has 19 heavy (non-hydrogen) atoms. The fourth-order valence-corrected chi connectivity index (χ4v) is 1.87. The van der Waals surface area contributed by atoms with E-state index in [1.807, 2.05) is 12.1 Å². The summed E-state index contributed by atoms with van der Waals surface area (Å²) in [4.78, 5) is 24.0. The molecule has 0 aliphatic heterocycles. The summed E-state index contributed by atoms with van der Waals surface area (Å²) in [7, 11) is 3.25. The standard InChI is InChI=1S/C14H16N2O3/c1-9(17)15-13-7-5-10-4-6-11(8-12(10)13)19-14(18)16(2)3/h4,6-8H,5H2,1-3H3,(H,15,17). The number of carbonyl (C=O) groups is 2. The molecule has 1 aromatic rings. The van der Waals surface area contributed by atoms with Crippen LogP contribution in [0, 0.1) is 0 Å². The van der Waals surface area contributed by atoms with Crippen molar-refractivity contribution < 1.29 is 14.3 Å². The van der Waals surface area contributed by atoms with Crippen LogP contribution in [0.5, 0.6) is 5.75 Å². The molecule has 0 heterocycles. The fraction of sp³-hybridized carbons (Fsp3) is 0.286. The van der Waals surface area contributed by atoms with Crippen molar-refractivity contribution in [2.45, 2.75) is 13.3 Å². The number of nitrogens with zero attached hydrogens (tertiary/aromatic N) is 1. The van der Waals surface area contributed by atoms with Crippen LogP contribution >= 0.6 is 0 Å². The Labute approximate surface area is 111 Å². The van der Waals surface area contributed by atoms with E-state index in [2.05, 4.69) is 5.32 Å². The molecule has 0 radical (unpaired) electrons. The van der Waals surface area contributed by atoms with Crippen molar-refractivity contribution in [2.24, 2.45) is 0 Å². The van der Waals surface area contributed by atoms with E-state index in [0.717, 1.165) is 23.2 Å². The van der Waals surface area contributed by atoms with E-state index in [-0.39, 0.29) is 5.91 Å². The molecule has 1 N–H and O–H groups in total. The van der Waals surface area contributed by atoms with E-state index >= 15 is 0 Å². The largest absolute Gasteiger partial charge is 0.414 e. The first-order chi connectivity index (χ1) is 8.97. The van der Waals surface area contributed by atoms with Gasteiger partial charge >= 0.3 is 6.09 Å². The Kier molecular flexibility index (Phi) is 3.55. The van der Waals surface area contributed by atoms with Gasteiger partial charge in [0.15, 0.2) is 0 Å². The van der Waals surface area contributed by atoms with Gasteiger partial charge in [-0.1, -0.05) is 12.1 Å². The van der Waals surface area contributed by atoms with Gasteiger partial charge in [-0.3, -0.25) is 4.79 Å². The van der Waals surface area contributed by atoms with Gasteiger partial charge in [0, 0.05) is 32.3 Å². The van der Waals surface area contributed by atoms with E-state index in [0.29, 0.717) is 5.75 Å². The van der Waals surface area contributed by atoms with Gasteiger partial charge in [0.2, 0.25) is 5.91 Å². The third kappa shape index (κ3) is 2.93. The zero-order valence-electron chi connectivity index (χ0n) is 11.2. The number of benzene rings is 1. The van der Waals surface area contributed by atoms with E-state index in [1.165, 1.54) is 11.8 Å². The van der Waals surface area contributed by atoms with Crippen molar-refractivity contribution in [3.8, 4) is 5.75 Å². The fourth-order valence-electron chi connectivity index (χ4n) is 1.87. The molecule has 0 unspecified atom stereocenters. The molecule has 0 saturated carbocycles. The molecule has 0 spiro atoms. The molecular formula is C14H16N2O3. The summed E-state index contributed by atoms with van der Waals surface area (Å²) in [5.74, 6) is 0.352. The van der Waals surface area contributed by atoms with Gasteiger partial charge in [0.1, 0.15) is 5.75 Å². The molecule has 100 valence electrons. The SMILES string of the molecule is CC(=O)NC1=CCc2ccc(OC(=O)N(C)C)cc21. The highest BCUT2D eigenvalue weighted by Gasteiger charge is 2.17. The Bertz CT molecular complexity index is 562. The summed E-state index contributed by atoms with van der Waals surface area (Å²) >= 11 is 0. The summed E-state index contributed by atoms with van der Waals surface area (Å²) in [6.45, 7) is 1.47. The van der Waals surface area contributed by atoms with Crippen LogP contribution in [0.1, 0.15) is 18.1 Å². The van der Waals surface area contributed by atoms with Crippen molar-refractivity contribution in [2.75, 3.05) is 14.1 Å². The van der Waals surface area contributed by atoms with Crippen molar-refractivity contribution >= 4 is 17.7 Å². The molecule has 5 heteroatoms. The Balaban J connectivity index is 2.21. The van der Waals surface area contributed by atoms with Crippen molar-refractivity contribution in [1.82, 2.24) is 10.2 Å². The highest BCUT2D eigenvalue weighted by molar-refractivity contribution is 5.87. The lowest BCUT2D eigenvalue weighted by Crippen LogP contribution is -2.25. The maximum atomic E-state index is 11.5. The number of amides is 2. The number of carbonyl (C=O) groups excluding carboxylic acids is 2. The van der Waals surface area contributed by atoms with Crippen LogP contribution < -0.4 is 10.1 Å². The molecule has 5 nitrogen and oxygen atoms in total. The second-order valence-electron chi connectivity index (χ2n) is 4.58. The van der Waals surface area contributed by atoms with Crippen LogP contribution in [-0.2, 0) is 11.2 Å². The highest BCUT2D eigenvalue weighted by atomic mass is 16.6. The minimum absolute atomic E-state index is 0.116. The van der Waals surface area contributed by atoms with Gasteiger partial charge in [-0.25, -0.2) is 4.79 Å². The van der Waals surface area contributed by atoms with Gasteiger partial charge in [-0.15, -0.1) is 0 Å². The first-order valence-corrected chi connectivity index (χ1v) is 5.97. The Hall–Kier alpha value is -2.30. The zero-order valence-corrected chi connectivity index (χ0v) is 11.2. The number of rotatable bonds is 2. The maximum absolute atomic E-state index is 11.5. The molecule has 0 atom stereocenters. The average molecular weight is 260 g/mol. The monoisotopic (exact) mass is 260 g/mol. The first-order valence-electron chi connectivity index (χ1n) is 5.97. The molecule has 1 aromatic carbocycles. The minimum atomic E-state index is -0.428. The summed E-state index contributed by atoms with van der Waals surface area (Å²) in [6.07, 6.45) is 2.29. The number of allylic oxidation sites excluding steroid dienone is 1. The lowest BCUT2D eigenvalue weighted by molar-refractivity contribution is -0.117. The highest BCUT2D eigenvalue weighted by Crippen LogP contribution is 2.29. The summed E-state index contributed by atoms with van der Waals surface area (Å²) in [5.41, 5.74) is 2.78. The number of ether oxygens (including phenoxy) is 1. The van der Waals surface area contributed by atoms with Gasteiger partial charge in [-0.2, -0.15) is 0 Å². The molecule has 1 aliphatic carbocycles. The van der Waals surface area contributed by atoms with Crippen LogP contribution in [0.3, 0.4) is 0 Å². The molecule has 1 aliphatic rings. The summed E-state index contributed by atoms with van der Waals surface area (Å²) in [6, 6.07) is 5.43. The molecule has 2 amide bonds. The predicted octanol–water partition coefficient (Wildman–Crippen LogP) is 1.78. The molecule has 2 rings (SSSR count). The number of nitrogens with one attached hydrogen (secondary N) is 1. The lowest BCUT2D eigenvalue weighted by atomic mass is 10.1. The number of fused-ring (bicyclic) bond motifs is 1. The Morgan fingerprint density at radius 1 is 1.32 bits per heavy atom. The molecule has 0 saturated heterocycles. The van der Waals surface area contributed by atoms with Crippen LogP contribution in [-0.4, -0.2) is 31.0 Å². The van der Waals surface area contributed by atoms with Crippen LogP contribution in [0.25, 0.3) is 5.70 Å². The Morgan fingerprint density at radius 3 is 2.68 bits per heavy atom. The van der Waals surface area contributed by atoms with Gasteiger partial charge in [0.05, 0.1) is 0 Å². The molecule has 0 aromatic heterocycles. The minimum Gasteiger partial charge on any atom is -0.410 e. The van der Waals surface area contributed by atoms with Crippen LogP contribution in [0.2, 0.25) is 0 Å². The van der Waals surface area contributed by atoms with Gasteiger partial charge in [0.25, 0.3) is 0 Å². The third-order valence-electron chi connectivity index (χ3n) is 2.78. The van der Waals surface area contributed by atoms with E-state index < -0.39 is 6.09 Å². The van der Waals surface area contributed by atoms with Crippen molar-refractivity contribution in [3.63, 3.8) is 0 Å². The first kappa shape index (κ1) is 13.1. The maximum Gasteiger partial charge on any atom is 0.414 e. The average Bonchev–Trinajstić information content (AvgIpc) is 2.71.